The zero-order chi connectivity index (χ0) is 9.68. The fraction of sp³-hybridized carbons (Fsp3) is 0.250. The first-order chi connectivity index (χ1) is 6.25. The van der Waals surface area contributed by atoms with E-state index in [-0.39, 0.29) is 12.5 Å². The van der Waals surface area contributed by atoms with Gasteiger partial charge in [0.05, 0.1) is 23.5 Å². The van der Waals surface area contributed by atoms with Crippen molar-refractivity contribution in [3.05, 3.63) is 23.5 Å². The van der Waals surface area contributed by atoms with Gasteiger partial charge in [-0.2, -0.15) is 15.5 Å². The van der Waals surface area contributed by atoms with Crippen LogP contribution in [0.4, 0.5) is 0 Å². The van der Waals surface area contributed by atoms with Crippen LogP contribution in [0.25, 0.3) is 0 Å². The van der Waals surface area contributed by atoms with Gasteiger partial charge in [0.2, 0.25) is 0 Å². The summed E-state index contributed by atoms with van der Waals surface area (Å²) in [6.07, 6.45) is 1.44. The van der Waals surface area contributed by atoms with Gasteiger partial charge in [0, 0.05) is 0 Å². The van der Waals surface area contributed by atoms with Crippen molar-refractivity contribution in [1.29, 1.82) is 5.26 Å². The third-order valence-electron chi connectivity index (χ3n) is 1.48. The molecular formula is C8H8N4O. The highest BCUT2D eigenvalue weighted by molar-refractivity contribution is 5.95. The fourth-order valence-electron chi connectivity index (χ4n) is 0.857. The number of hydrogen-bond donors (Lipinski definition) is 1. The van der Waals surface area contributed by atoms with Crippen LogP contribution in [0.1, 0.15) is 16.1 Å². The normalized spacial score (nSPS) is 8.92. The minimum absolute atomic E-state index is 0.000591. The van der Waals surface area contributed by atoms with Gasteiger partial charge in [-0.15, -0.1) is 0 Å². The van der Waals surface area contributed by atoms with Crippen molar-refractivity contribution < 1.29 is 4.79 Å². The summed E-state index contributed by atoms with van der Waals surface area (Å²) in [5.74, 6) is -0.297. The fourth-order valence-corrected chi connectivity index (χ4v) is 0.857. The third kappa shape index (κ3) is 2.24. The lowest BCUT2D eigenvalue weighted by molar-refractivity contribution is 0.0957. The van der Waals surface area contributed by atoms with Crippen molar-refractivity contribution in [2.75, 3.05) is 6.54 Å². The van der Waals surface area contributed by atoms with Gasteiger partial charge in [0.1, 0.15) is 6.54 Å². The van der Waals surface area contributed by atoms with Crippen molar-refractivity contribution in [1.82, 2.24) is 15.5 Å². The highest BCUT2D eigenvalue weighted by atomic mass is 16.1. The second-order valence-electron chi connectivity index (χ2n) is 2.37. The van der Waals surface area contributed by atoms with E-state index in [1.165, 1.54) is 6.20 Å². The molecule has 0 aliphatic carbocycles. The Bertz CT molecular complexity index is 355. The van der Waals surface area contributed by atoms with E-state index in [0.717, 1.165) is 0 Å². The summed E-state index contributed by atoms with van der Waals surface area (Å²) in [5, 5.41) is 18.0. The molecule has 5 nitrogen and oxygen atoms in total. The first-order valence-electron chi connectivity index (χ1n) is 3.69. The SMILES string of the molecule is Cc1nnccc1C(=O)NCC#N. The smallest absolute Gasteiger partial charge is 0.254 e. The Morgan fingerprint density at radius 1 is 1.77 bits per heavy atom. The molecule has 1 N–H and O–H groups in total. The van der Waals surface area contributed by atoms with E-state index < -0.39 is 0 Å². The van der Waals surface area contributed by atoms with Gasteiger partial charge >= 0.3 is 0 Å². The summed E-state index contributed by atoms with van der Waals surface area (Å²) in [5.41, 5.74) is 1.00. The van der Waals surface area contributed by atoms with Crippen LogP contribution in [0.5, 0.6) is 0 Å². The van der Waals surface area contributed by atoms with Crippen LogP contribution in [-0.4, -0.2) is 22.6 Å². The monoisotopic (exact) mass is 176 g/mol. The second-order valence-corrected chi connectivity index (χ2v) is 2.37. The Labute approximate surface area is 75.4 Å². The lowest BCUT2D eigenvalue weighted by Crippen LogP contribution is -2.24. The Kier molecular flexibility index (Phi) is 2.92. The number of nitrogens with one attached hydrogen (secondary N) is 1. The number of nitriles is 1. The predicted octanol–water partition coefficient (Wildman–Crippen LogP) is 0.0384. The molecule has 0 saturated heterocycles. The second kappa shape index (κ2) is 4.16. The molecule has 13 heavy (non-hydrogen) atoms. The zero-order valence-electron chi connectivity index (χ0n) is 7.11. The highest BCUT2D eigenvalue weighted by Crippen LogP contribution is 2.00. The number of hydrogen-bond acceptors (Lipinski definition) is 4. The molecule has 0 bridgehead atoms. The molecule has 5 heteroatoms. The molecule has 1 heterocycles. The van der Waals surface area contributed by atoms with Crippen LogP contribution < -0.4 is 5.32 Å². The lowest BCUT2D eigenvalue weighted by Gasteiger charge is -2.01. The van der Waals surface area contributed by atoms with Crippen LogP contribution in [0.3, 0.4) is 0 Å². The molecule has 0 radical (unpaired) electrons. The van der Waals surface area contributed by atoms with E-state index in [1.807, 2.05) is 6.07 Å². The molecule has 0 fully saturated rings. The van der Waals surface area contributed by atoms with Gasteiger partial charge in [-0.25, -0.2) is 0 Å². The molecule has 0 spiro atoms. The van der Waals surface area contributed by atoms with Crippen LogP contribution in [0.2, 0.25) is 0 Å². The van der Waals surface area contributed by atoms with Gasteiger partial charge in [0.15, 0.2) is 0 Å². The number of amides is 1. The van der Waals surface area contributed by atoms with Crippen molar-refractivity contribution >= 4 is 5.91 Å². The molecule has 0 unspecified atom stereocenters. The topological polar surface area (TPSA) is 78.7 Å². The van der Waals surface area contributed by atoms with Crippen LogP contribution >= 0.6 is 0 Å². The first-order valence-corrected chi connectivity index (χ1v) is 3.69. The average molecular weight is 176 g/mol. The molecule has 1 rings (SSSR count). The Morgan fingerprint density at radius 3 is 3.15 bits per heavy atom. The molecule has 0 saturated carbocycles. The number of rotatable bonds is 2. The maximum absolute atomic E-state index is 11.3. The standard InChI is InChI=1S/C8H8N4O/c1-6-7(2-4-11-12-6)8(13)10-5-3-9/h2,4H,5H2,1H3,(H,10,13). The number of aryl methyl sites for hydroxylation is 1. The third-order valence-corrected chi connectivity index (χ3v) is 1.48. The van der Waals surface area contributed by atoms with Crippen molar-refractivity contribution in [2.24, 2.45) is 0 Å². The van der Waals surface area contributed by atoms with Crippen molar-refractivity contribution in [3.63, 3.8) is 0 Å². The summed E-state index contributed by atoms with van der Waals surface area (Å²) in [6.45, 7) is 1.69. The van der Waals surface area contributed by atoms with Gasteiger partial charge in [-0.05, 0) is 13.0 Å². The van der Waals surface area contributed by atoms with E-state index in [1.54, 1.807) is 13.0 Å². The molecule has 0 atom stereocenters. The summed E-state index contributed by atoms with van der Waals surface area (Å²) in [6, 6.07) is 3.38. The average Bonchev–Trinajstić information content (AvgIpc) is 2.15. The summed E-state index contributed by atoms with van der Waals surface area (Å²) >= 11 is 0. The lowest BCUT2D eigenvalue weighted by atomic mass is 10.2. The van der Waals surface area contributed by atoms with Crippen LogP contribution in [0, 0.1) is 18.3 Å². The molecule has 0 aliphatic heterocycles. The van der Waals surface area contributed by atoms with Crippen molar-refractivity contribution in [3.8, 4) is 6.07 Å². The quantitative estimate of drug-likeness (QED) is 0.645. The number of aromatic nitrogens is 2. The first kappa shape index (κ1) is 9.13. The van der Waals surface area contributed by atoms with Crippen molar-refractivity contribution in [2.45, 2.75) is 6.92 Å². The molecule has 1 amide bonds. The predicted molar refractivity (Wildman–Crippen MR) is 44.7 cm³/mol. The van der Waals surface area contributed by atoms with E-state index in [2.05, 4.69) is 15.5 Å². The summed E-state index contributed by atoms with van der Waals surface area (Å²) < 4.78 is 0. The van der Waals surface area contributed by atoms with E-state index in [9.17, 15) is 4.79 Å². The highest BCUT2D eigenvalue weighted by Gasteiger charge is 2.07. The van der Waals surface area contributed by atoms with Gasteiger partial charge in [-0.3, -0.25) is 4.79 Å². The van der Waals surface area contributed by atoms with E-state index in [0.29, 0.717) is 11.3 Å². The van der Waals surface area contributed by atoms with E-state index >= 15 is 0 Å². The Balaban J connectivity index is 2.78. The molecule has 1 aromatic rings. The van der Waals surface area contributed by atoms with Gasteiger partial charge in [-0.1, -0.05) is 0 Å². The van der Waals surface area contributed by atoms with Gasteiger partial charge in [0.25, 0.3) is 5.91 Å². The number of carbonyl (C=O) groups is 1. The largest absolute Gasteiger partial charge is 0.339 e. The van der Waals surface area contributed by atoms with E-state index in [4.69, 9.17) is 5.26 Å². The molecule has 0 aromatic carbocycles. The maximum Gasteiger partial charge on any atom is 0.254 e. The number of nitrogens with zero attached hydrogens (tertiary/aromatic N) is 3. The molecular weight excluding hydrogens is 168 g/mol. The number of carbonyl (C=O) groups excluding carboxylic acids is 1. The minimum Gasteiger partial charge on any atom is -0.339 e. The van der Waals surface area contributed by atoms with Crippen LogP contribution in [0.15, 0.2) is 12.3 Å². The molecule has 66 valence electrons. The Hall–Kier alpha value is -1.96. The maximum atomic E-state index is 11.3. The minimum atomic E-state index is -0.297. The summed E-state index contributed by atoms with van der Waals surface area (Å²) in [7, 11) is 0. The van der Waals surface area contributed by atoms with Crippen LogP contribution in [-0.2, 0) is 0 Å². The Morgan fingerprint density at radius 2 is 2.54 bits per heavy atom. The summed E-state index contributed by atoms with van der Waals surface area (Å²) in [4.78, 5) is 11.3. The molecule has 0 aliphatic rings. The molecule has 1 aromatic heterocycles. The zero-order valence-corrected chi connectivity index (χ0v) is 7.11. The van der Waals surface area contributed by atoms with Gasteiger partial charge < -0.3 is 5.32 Å².